The second-order valence-corrected chi connectivity index (χ2v) is 4.93. The van der Waals surface area contributed by atoms with E-state index in [0.717, 1.165) is 16.9 Å². The van der Waals surface area contributed by atoms with Gasteiger partial charge in [-0.25, -0.2) is 4.79 Å². The molecule has 22 heavy (non-hydrogen) atoms. The molecule has 6 N–H and O–H groups in total. The number of anilines is 3. The lowest BCUT2D eigenvalue weighted by Crippen LogP contribution is -2.20. The fourth-order valence-electron chi connectivity index (χ4n) is 1.78. The van der Waals surface area contributed by atoms with Crippen molar-refractivity contribution in [1.82, 2.24) is 5.32 Å². The number of carbonyl (C=O) groups is 1. The van der Waals surface area contributed by atoms with Gasteiger partial charge in [0.05, 0.1) is 11.4 Å². The number of hydrogen-bond acceptors (Lipinski definition) is 3. The molecule has 2 aromatic carbocycles. The number of nitrogen functional groups attached to an aromatic ring is 1. The van der Waals surface area contributed by atoms with Crippen molar-refractivity contribution in [2.75, 3.05) is 16.4 Å². The van der Waals surface area contributed by atoms with E-state index in [-0.39, 0.29) is 6.54 Å². The summed E-state index contributed by atoms with van der Waals surface area (Å²) >= 11 is 5.23. The molecule has 0 unspecified atom stereocenters. The average molecular weight is 316 g/mol. The molecule has 6 nitrogen and oxygen atoms in total. The van der Waals surface area contributed by atoms with Crippen molar-refractivity contribution in [2.45, 2.75) is 6.54 Å². The molecule has 0 fully saturated rings. The monoisotopic (exact) mass is 316 g/mol. The third-order valence-corrected chi connectivity index (χ3v) is 3.07. The van der Waals surface area contributed by atoms with Gasteiger partial charge in [-0.1, -0.05) is 24.3 Å². The number of para-hydroxylation sites is 2. The van der Waals surface area contributed by atoms with E-state index in [1.54, 1.807) is 6.07 Å². The van der Waals surface area contributed by atoms with Crippen molar-refractivity contribution in [2.24, 2.45) is 0 Å². The molecule has 0 aliphatic rings. The Hall–Kier alpha value is -2.80. The number of nitrogens with one attached hydrogen (secondary N) is 3. The molecule has 0 aromatic heterocycles. The lowest BCUT2D eigenvalue weighted by Gasteiger charge is -2.12. The Morgan fingerprint density at radius 2 is 1.77 bits per heavy atom. The van der Waals surface area contributed by atoms with Crippen molar-refractivity contribution in [3.8, 4) is 0 Å². The zero-order valence-corrected chi connectivity index (χ0v) is 12.5. The molecule has 0 atom stereocenters. The third-order valence-electron chi connectivity index (χ3n) is 2.86. The van der Waals surface area contributed by atoms with Crippen molar-refractivity contribution in [3.05, 3.63) is 54.1 Å². The van der Waals surface area contributed by atoms with E-state index in [4.69, 9.17) is 23.1 Å². The van der Waals surface area contributed by atoms with Crippen LogP contribution in [0.15, 0.2) is 48.5 Å². The molecule has 7 heteroatoms. The van der Waals surface area contributed by atoms with Gasteiger partial charge in [-0.15, -0.1) is 0 Å². The highest BCUT2D eigenvalue weighted by molar-refractivity contribution is 7.80. The maximum atomic E-state index is 10.4. The van der Waals surface area contributed by atoms with Gasteiger partial charge in [0.1, 0.15) is 0 Å². The van der Waals surface area contributed by atoms with Crippen LogP contribution >= 0.6 is 12.2 Å². The lowest BCUT2D eigenvalue weighted by atomic mass is 10.2. The van der Waals surface area contributed by atoms with Gasteiger partial charge in [0, 0.05) is 12.2 Å². The molecule has 1 amide bonds. The molecule has 0 bridgehead atoms. The Kier molecular flexibility index (Phi) is 5.16. The summed E-state index contributed by atoms with van der Waals surface area (Å²) in [5.41, 5.74) is 8.84. The highest BCUT2D eigenvalue weighted by Gasteiger charge is 2.02. The molecule has 0 aliphatic carbocycles. The predicted octanol–water partition coefficient (Wildman–Crippen LogP) is 2.85. The van der Waals surface area contributed by atoms with Gasteiger partial charge in [-0.3, -0.25) is 0 Å². The van der Waals surface area contributed by atoms with Crippen LogP contribution in [0.1, 0.15) is 5.56 Å². The first-order chi connectivity index (χ1) is 10.5. The van der Waals surface area contributed by atoms with E-state index >= 15 is 0 Å². The summed E-state index contributed by atoms with van der Waals surface area (Å²) < 4.78 is 0. The summed E-state index contributed by atoms with van der Waals surface area (Å²) in [7, 11) is 0. The summed E-state index contributed by atoms with van der Waals surface area (Å²) in [4.78, 5) is 10.4. The van der Waals surface area contributed by atoms with Crippen LogP contribution < -0.4 is 21.7 Å². The Labute approximate surface area is 133 Å². The fraction of sp³-hybridized carbons (Fsp3) is 0.0667. The quantitative estimate of drug-likeness (QED) is 0.439. The number of nitrogens with two attached hydrogens (primary N) is 1. The number of hydrogen-bond donors (Lipinski definition) is 5. The van der Waals surface area contributed by atoms with Crippen LogP contribution in [-0.4, -0.2) is 16.3 Å². The van der Waals surface area contributed by atoms with E-state index in [9.17, 15) is 4.79 Å². The van der Waals surface area contributed by atoms with Crippen molar-refractivity contribution >= 4 is 40.5 Å². The highest BCUT2D eigenvalue weighted by atomic mass is 32.1. The van der Waals surface area contributed by atoms with E-state index in [1.807, 2.05) is 42.5 Å². The van der Waals surface area contributed by atoms with Crippen LogP contribution in [-0.2, 0) is 6.54 Å². The molecular formula is C15H16N4O2S. The van der Waals surface area contributed by atoms with Crippen LogP contribution in [0.25, 0.3) is 0 Å². The first kappa shape index (κ1) is 15.6. The normalized spacial score (nSPS) is 9.82. The number of rotatable bonds is 4. The number of amides is 1. The largest absolute Gasteiger partial charge is 0.465 e. The standard InChI is InChI=1S/C15H16N4O2S/c16-12-3-1-2-4-13(12)19-14(22)18-11-7-5-10(6-8-11)9-17-15(20)21/h1-8,17H,9,16H2,(H,20,21)(H2,18,19,22). The zero-order chi connectivity index (χ0) is 15.9. The van der Waals surface area contributed by atoms with Gasteiger partial charge in [0.15, 0.2) is 5.11 Å². The summed E-state index contributed by atoms with van der Waals surface area (Å²) in [5, 5.41) is 17.3. The molecule has 0 spiro atoms. The third kappa shape index (κ3) is 4.64. The molecular weight excluding hydrogens is 300 g/mol. The fourth-order valence-corrected chi connectivity index (χ4v) is 2.01. The van der Waals surface area contributed by atoms with Crippen molar-refractivity contribution in [1.29, 1.82) is 0 Å². The van der Waals surface area contributed by atoms with Gasteiger partial charge >= 0.3 is 6.09 Å². The smallest absolute Gasteiger partial charge is 0.404 e. The van der Waals surface area contributed by atoms with Gasteiger partial charge in [0.25, 0.3) is 0 Å². The first-order valence-corrected chi connectivity index (χ1v) is 6.93. The van der Waals surface area contributed by atoms with Crippen LogP contribution in [0.4, 0.5) is 21.9 Å². The summed E-state index contributed by atoms with van der Waals surface area (Å²) in [6.45, 7) is 0.263. The maximum absolute atomic E-state index is 10.4. The predicted molar refractivity (Wildman–Crippen MR) is 92.0 cm³/mol. The minimum absolute atomic E-state index is 0.263. The molecule has 0 radical (unpaired) electrons. The second-order valence-electron chi connectivity index (χ2n) is 4.52. The molecule has 2 rings (SSSR count). The number of thiocarbonyl (C=S) groups is 1. The van der Waals surface area contributed by atoms with E-state index < -0.39 is 6.09 Å². The second kappa shape index (κ2) is 7.28. The Bertz CT molecular complexity index is 673. The highest BCUT2D eigenvalue weighted by Crippen LogP contribution is 2.17. The minimum Gasteiger partial charge on any atom is -0.465 e. The summed E-state index contributed by atoms with van der Waals surface area (Å²) in [6.07, 6.45) is -1.05. The molecule has 0 aliphatic heterocycles. The SMILES string of the molecule is Nc1ccccc1NC(=S)Nc1ccc(CNC(=O)O)cc1. The lowest BCUT2D eigenvalue weighted by molar-refractivity contribution is 0.194. The van der Waals surface area contributed by atoms with E-state index in [1.165, 1.54) is 0 Å². The Balaban J connectivity index is 1.91. The van der Waals surface area contributed by atoms with Crippen LogP contribution in [0.2, 0.25) is 0 Å². The molecule has 2 aromatic rings. The van der Waals surface area contributed by atoms with E-state index in [0.29, 0.717) is 10.8 Å². The van der Waals surface area contributed by atoms with Gasteiger partial charge in [-0.2, -0.15) is 0 Å². The van der Waals surface area contributed by atoms with Gasteiger partial charge < -0.3 is 26.8 Å². The van der Waals surface area contributed by atoms with Crippen molar-refractivity contribution in [3.63, 3.8) is 0 Å². The maximum Gasteiger partial charge on any atom is 0.404 e. The minimum atomic E-state index is -1.05. The first-order valence-electron chi connectivity index (χ1n) is 6.53. The zero-order valence-electron chi connectivity index (χ0n) is 11.7. The Morgan fingerprint density at radius 3 is 2.41 bits per heavy atom. The van der Waals surface area contributed by atoms with E-state index in [2.05, 4.69) is 16.0 Å². The molecule has 114 valence electrons. The topological polar surface area (TPSA) is 99.4 Å². The average Bonchev–Trinajstić information content (AvgIpc) is 2.49. The van der Waals surface area contributed by atoms with Gasteiger partial charge in [-0.05, 0) is 42.0 Å². The molecule has 0 saturated carbocycles. The van der Waals surface area contributed by atoms with Crippen molar-refractivity contribution < 1.29 is 9.90 Å². The molecule has 0 heterocycles. The Morgan fingerprint density at radius 1 is 1.09 bits per heavy atom. The number of benzene rings is 2. The number of carboxylic acid groups (broad SMARTS) is 1. The van der Waals surface area contributed by atoms with Crippen LogP contribution in [0, 0.1) is 0 Å². The van der Waals surface area contributed by atoms with Crippen LogP contribution in [0.3, 0.4) is 0 Å². The summed E-state index contributed by atoms with van der Waals surface area (Å²) in [6, 6.07) is 14.6. The molecule has 0 saturated heterocycles. The summed E-state index contributed by atoms with van der Waals surface area (Å²) in [5.74, 6) is 0. The van der Waals surface area contributed by atoms with Gasteiger partial charge in [0.2, 0.25) is 0 Å². The van der Waals surface area contributed by atoms with Crippen LogP contribution in [0.5, 0.6) is 0 Å².